The van der Waals surface area contributed by atoms with E-state index in [9.17, 15) is 0 Å². The molecule has 102 valence electrons. The summed E-state index contributed by atoms with van der Waals surface area (Å²) >= 11 is 7.80. The molecule has 0 fully saturated rings. The maximum atomic E-state index is 6.05. The van der Waals surface area contributed by atoms with E-state index in [1.165, 1.54) is 4.88 Å². The van der Waals surface area contributed by atoms with Crippen molar-refractivity contribution in [3.05, 3.63) is 39.4 Å². The number of thiophene rings is 1. The molecule has 2 heterocycles. The number of nitrogens with one attached hydrogen (secondary N) is 1. The van der Waals surface area contributed by atoms with Crippen LogP contribution >= 0.6 is 22.9 Å². The molecule has 5 heteroatoms. The number of nitrogens with zero attached hydrogens (tertiary/aromatic N) is 2. The van der Waals surface area contributed by atoms with Crippen molar-refractivity contribution in [2.45, 2.75) is 39.2 Å². The average molecular weight is 296 g/mol. The molecule has 0 aromatic carbocycles. The summed E-state index contributed by atoms with van der Waals surface area (Å²) < 4.78 is 0. The van der Waals surface area contributed by atoms with Crippen LogP contribution in [0.3, 0.4) is 0 Å². The fourth-order valence-corrected chi connectivity index (χ4v) is 2.98. The highest BCUT2D eigenvalue weighted by Gasteiger charge is 2.12. The molecular formula is C14H18ClN3S. The molecule has 0 amide bonds. The first-order chi connectivity index (χ1) is 9.22. The Kier molecular flexibility index (Phi) is 5.16. The van der Waals surface area contributed by atoms with E-state index in [1.54, 1.807) is 17.4 Å². The molecule has 0 saturated carbocycles. The first-order valence-electron chi connectivity index (χ1n) is 6.56. The van der Waals surface area contributed by atoms with Crippen LogP contribution in [-0.4, -0.2) is 9.97 Å². The van der Waals surface area contributed by atoms with Crippen molar-refractivity contribution in [1.29, 1.82) is 0 Å². The van der Waals surface area contributed by atoms with Crippen LogP contribution in [0.1, 0.15) is 43.4 Å². The van der Waals surface area contributed by atoms with Crippen LogP contribution < -0.4 is 5.32 Å². The summed E-state index contributed by atoms with van der Waals surface area (Å²) in [5.74, 6) is 1.61. The van der Waals surface area contributed by atoms with Crippen LogP contribution in [0.15, 0.2) is 23.6 Å². The van der Waals surface area contributed by atoms with Gasteiger partial charge in [0, 0.05) is 17.4 Å². The highest BCUT2D eigenvalue weighted by molar-refractivity contribution is 7.10. The Balaban J connectivity index is 2.17. The van der Waals surface area contributed by atoms with Crippen molar-refractivity contribution < 1.29 is 0 Å². The number of anilines is 1. The molecule has 0 aliphatic carbocycles. The Labute approximate surface area is 123 Å². The van der Waals surface area contributed by atoms with E-state index >= 15 is 0 Å². The molecule has 0 aliphatic heterocycles. The predicted molar refractivity (Wildman–Crippen MR) is 82.0 cm³/mol. The van der Waals surface area contributed by atoms with E-state index in [2.05, 4.69) is 46.6 Å². The molecule has 1 unspecified atom stereocenters. The Morgan fingerprint density at radius 2 is 2.21 bits per heavy atom. The van der Waals surface area contributed by atoms with Gasteiger partial charge >= 0.3 is 0 Å². The zero-order valence-corrected chi connectivity index (χ0v) is 12.8. The smallest absolute Gasteiger partial charge is 0.134 e. The third-order valence-corrected chi connectivity index (χ3v) is 4.01. The number of halogens is 1. The first-order valence-corrected chi connectivity index (χ1v) is 7.82. The molecular weight excluding hydrogens is 278 g/mol. The second-order valence-electron chi connectivity index (χ2n) is 4.36. The maximum absolute atomic E-state index is 6.05. The Hall–Kier alpha value is -1.13. The largest absolute Gasteiger partial charge is 0.362 e. The molecule has 0 bridgehead atoms. The Bertz CT molecular complexity index is 513. The summed E-state index contributed by atoms with van der Waals surface area (Å²) in [7, 11) is 0. The lowest BCUT2D eigenvalue weighted by Crippen LogP contribution is -2.10. The number of aromatic nitrogens is 2. The van der Waals surface area contributed by atoms with E-state index < -0.39 is 0 Å². The van der Waals surface area contributed by atoms with Crippen molar-refractivity contribution in [1.82, 2.24) is 9.97 Å². The molecule has 19 heavy (non-hydrogen) atoms. The third kappa shape index (κ3) is 3.91. The van der Waals surface area contributed by atoms with Gasteiger partial charge in [-0.1, -0.05) is 31.5 Å². The highest BCUT2D eigenvalue weighted by Crippen LogP contribution is 2.26. The second kappa shape index (κ2) is 6.87. The molecule has 0 saturated heterocycles. The van der Waals surface area contributed by atoms with Crippen LogP contribution in [0.5, 0.6) is 0 Å². The van der Waals surface area contributed by atoms with Crippen LogP contribution in [0.25, 0.3) is 0 Å². The van der Waals surface area contributed by atoms with E-state index in [0.29, 0.717) is 5.15 Å². The summed E-state index contributed by atoms with van der Waals surface area (Å²) in [6.07, 6.45) is 2.87. The van der Waals surface area contributed by atoms with Crippen molar-refractivity contribution >= 4 is 28.8 Å². The lowest BCUT2D eigenvalue weighted by molar-refractivity contribution is 0.751. The quantitative estimate of drug-likeness (QED) is 0.784. The molecule has 1 N–H and O–H groups in total. The first kappa shape index (κ1) is 14.3. The van der Waals surface area contributed by atoms with Crippen molar-refractivity contribution in [3.8, 4) is 0 Å². The minimum absolute atomic E-state index is 0.278. The lowest BCUT2D eigenvalue weighted by atomic mass is 10.2. The standard InChI is InChI=1S/C14H18ClN3S/c1-3-6-13-17-12(15)9-14(18-13)16-10(4-2)11-7-5-8-19-11/h5,7-10H,3-4,6H2,1-2H3,(H,16,17,18). The second-order valence-corrected chi connectivity index (χ2v) is 5.73. The number of rotatable bonds is 6. The van der Waals surface area contributed by atoms with Crippen LogP contribution in [0.4, 0.5) is 5.82 Å². The molecule has 2 aromatic heterocycles. The zero-order valence-electron chi connectivity index (χ0n) is 11.2. The molecule has 1 atom stereocenters. The van der Waals surface area contributed by atoms with Crippen LogP contribution in [0, 0.1) is 0 Å². The number of aryl methyl sites for hydroxylation is 1. The molecule has 2 rings (SSSR count). The summed E-state index contributed by atoms with van der Waals surface area (Å²) in [5, 5.41) is 6.04. The van der Waals surface area contributed by atoms with Gasteiger partial charge in [0.15, 0.2) is 0 Å². The molecule has 3 nitrogen and oxygen atoms in total. The van der Waals surface area contributed by atoms with Gasteiger partial charge < -0.3 is 5.32 Å². The summed E-state index contributed by atoms with van der Waals surface area (Å²) in [6, 6.07) is 6.28. The Morgan fingerprint density at radius 1 is 1.37 bits per heavy atom. The molecule has 0 spiro atoms. The van der Waals surface area contributed by atoms with Gasteiger partial charge in [-0.15, -0.1) is 11.3 Å². The summed E-state index contributed by atoms with van der Waals surface area (Å²) in [6.45, 7) is 4.27. The van der Waals surface area contributed by atoms with Crippen LogP contribution in [0.2, 0.25) is 5.15 Å². The van der Waals surface area contributed by atoms with Gasteiger partial charge in [0.1, 0.15) is 16.8 Å². The topological polar surface area (TPSA) is 37.8 Å². The van der Waals surface area contributed by atoms with Gasteiger partial charge in [-0.3, -0.25) is 0 Å². The van der Waals surface area contributed by atoms with Gasteiger partial charge in [-0.2, -0.15) is 0 Å². The SMILES string of the molecule is CCCc1nc(Cl)cc(NC(CC)c2cccs2)n1. The normalized spacial score (nSPS) is 12.4. The maximum Gasteiger partial charge on any atom is 0.134 e. The third-order valence-electron chi connectivity index (χ3n) is 2.83. The van der Waals surface area contributed by atoms with E-state index in [1.807, 2.05) is 0 Å². The monoisotopic (exact) mass is 295 g/mol. The van der Waals surface area contributed by atoms with Crippen LogP contribution in [-0.2, 0) is 6.42 Å². The molecule has 2 aromatic rings. The fraction of sp³-hybridized carbons (Fsp3) is 0.429. The number of hydrogen-bond acceptors (Lipinski definition) is 4. The van der Waals surface area contributed by atoms with E-state index in [-0.39, 0.29) is 6.04 Å². The fourth-order valence-electron chi connectivity index (χ4n) is 1.92. The van der Waals surface area contributed by atoms with Gasteiger partial charge in [0.25, 0.3) is 0 Å². The highest BCUT2D eigenvalue weighted by atomic mass is 35.5. The average Bonchev–Trinajstić information content (AvgIpc) is 2.89. The predicted octanol–water partition coefficient (Wildman–Crippen LogP) is 4.71. The van der Waals surface area contributed by atoms with Crippen molar-refractivity contribution in [2.75, 3.05) is 5.32 Å². The van der Waals surface area contributed by atoms with Gasteiger partial charge in [-0.25, -0.2) is 9.97 Å². The van der Waals surface area contributed by atoms with Crippen molar-refractivity contribution in [2.24, 2.45) is 0 Å². The lowest BCUT2D eigenvalue weighted by Gasteiger charge is -2.16. The Morgan fingerprint density at radius 3 is 2.84 bits per heavy atom. The minimum Gasteiger partial charge on any atom is -0.362 e. The summed E-state index contributed by atoms with van der Waals surface area (Å²) in [4.78, 5) is 10.1. The van der Waals surface area contributed by atoms with Gasteiger partial charge in [-0.05, 0) is 24.3 Å². The molecule has 0 radical (unpaired) electrons. The molecule has 0 aliphatic rings. The van der Waals surface area contributed by atoms with E-state index in [4.69, 9.17) is 11.6 Å². The minimum atomic E-state index is 0.278. The number of hydrogen-bond donors (Lipinski definition) is 1. The van der Waals surface area contributed by atoms with Crippen molar-refractivity contribution in [3.63, 3.8) is 0 Å². The van der Waals surface area contributed by atoms with Gasteiger partial charge in [0.05, 0.1) is 6.04 Å². The van der Waals surface area contributed by atoms with E-state index in [0.717, 1.165) is 30.9 Å². The summed E-state index contributed by atoms with van der Waals surface area (Å²) in [5.41, 5.74) is 0. The van der Waals surface area contributed by atoms with Gasteiger partial charge in [0.2, 0.25) is 0 Å². The zero-order chi connectivity index (χ0) is 13.7.